The Morgan fingerprint density at radius 3 is 2.59 bits per heavy atom. The second-order valence-corrected chi connectivity index (χ2v) is 9.77. The molecule has 0 saturated carbocycles. The predicted octanol–water partition coefficient (Wildman–Crippen LogP) is 4.95. The van der Waals surface area contributed by atoms with Crippen LogP contribution in [0.5, 0.6) is 11.5 Å². The van der Waals surface area contributed by atoms with Crippen molar-refractivity contribution in [2.75, 3.05) is 52.3 Å². The minimum absolute atomic E-state index is 0.0323. The molecule has 7 nitrogen and oxygen atoms in total. The summed E-state index contributed by atoms with van der Waals surface area (Å²) in [6, 6.07) is 9.53. The molecule has 8 heteroatoms. The van der Waals surface area contributed by atoms with Gasteiger partial charge in [0.2, 0.25) is 0 Å². The van der Waals surface area contributed by atoms with E-state index < -0.39 is 0 Å². The number of likely N-dealkylation sites (N-methyl/N-ethyl adjacent to an activating group) is 1. The number of furan rings is 1. The molecule has 1 atom stereocenters. The smallest absolute Gasteiger partial charge is 0.291 e. The van der Waals surface area contributed by atoms with Crippen LogP contribution in [0.2, 0.25) is 0 Å². The highest BCUT2D eigenvalue weighted by Crippen LogP contribution is 2.44. The fraction of sp³-hybridized carbons (Fsp3) is 0.423. The molecule has 34 heavy (non-hydrogen) atoms. The first kappa shape index (κ1) is 24.3. The van der Waals surface area contributed by atoms with Crippen molar-refractivity contribution in [2.24, 2.45) is 0 Å². The average molecular weight is 484 g/mol. The Bertz CT molecular complexity index is 1120. The molecule has 4 rings (SSSR count). The van der Waals surface area contributed by atoms with Crippen molar-refractivity contribution >= 4 is 22.2 Å². The summed E-state index contributed by atoms with van der Waals surface area (Å²) in [4.78, 5) is 18.9. The summed E-state index contributed by atoms with van der Waals surface area (Å²) in [6.45, 7) is 10.6. The summed E-state index contributed by atoms with van der Waals surface area (Å²) in [5, 5.41) is 3.98. The van der Waals surface area contributed by atoms with Crippen LogP contribution in [-0.4, -0.2) is 62.7 Å². The van der Waals surface area contributed by atoms with Gasteiger partial charge in [0.05, 0.1) is 26.0 Å². The Balaban J connectivity index is 1.79. The standard InChI is InChI=1S/C26H33N3O4S/c1-6-32-20-10-9-19(16-22(20)31-5)24(29-13-11-28(4)12-14-29)23-17(2)18(3)34-26(23)27-25(30)21-8-7-15-33-21/h7-10,15-16,24H,6,11-14H2,1-5H3,(H,27,30). The fourth-order valence-corrected chi connectivity index (χ4v) is 5.50. The van der Waals surface area contributed by atoms with Crippen molar-refractivity contribution in [3.8, 4) is 11.5 Å². The van der Waals surface area contributed by atoms with Gasteiger partial charge in [-0.25, -0.2) is 0 Å². The van der Waals surface area contributed by atoms with Crippen molar-refractivity contribution < 1.29 is 18.7 Å². The summed E-state index contributed by atoms with van der Waals surface area (Å²) in [5.74, 6) is 1.50. The number of hydrogen-bond donors (Lipinski definition) is 1. The minimum Gasteiger partial charge on any atom is -0.493 e. The molecule has 0 aliphatic carbocycles. The van der Waals surface area contributed by atoms with Gasteiger partial charge in [0, 0.05) is 36.6 Å². The van der Waals surface area contributed by atoms with Crippen LogP contribution in [0.15, 0.2) is 41.0 Å². The molecule has 1 aliphatic rings. The van der Waals surface area contributed by atoms with Crippen molar-refractivity contribution in [2.45, 2.75) is 26.8 Å². The molecule has 0 spiro atoms. The maximum absolute atomic E-state index is 12.9. The van der Waals surface area contributed by atoms with Gasteiger partial charge < -0.3 is 24.1 Å². The number of piperazine rings is 1. The molecular formula is C26H33N3O4S. The first-order valence-electron chi connectivity index (χ1n) is 11.6. The van der Waals surface area contributed by atoms with E-state index >= 15 is 0 Å². The number of amides is 1. The van der Waals surface area contributed by atoms with E-state index in [0.717, 1.165) is 48.1 Å². The normalized spacial score (nSPS) is 15.8. The SMILES string of the molecule is CCOc1ccc(C(c2c(NC(=O)c3ccco3)sc(C)c2C)N2CCN(C)CC2)cc1OC. The highest BCUT2D eigenvalue weighted by Gasteiger charge is 2.32. The summed E-state index contributed by atoms with van der Waals surface area (Å²) in [5.41, 5.74) is 3.42. The van der Waals surface area contributed by atoms with E-state index in [4.69, 9.17) is 13.9 Å². The molecule has 1 amide bonds. The maximum Gasteiger partial charge on any atom is 0.291 e. The number of benzene rings is 1. The molecule has 182 valence electrons. The van der Waals surface area contributed by atoms with Gasteiger partial charge in [-0.2, -0.15) is 0 Å². The zero-order valence-electron chi connectivity index (χ0n) is 20.5. The summed E-state index contributed by atoms with van der Waals surface area (Å²) in [7, 11) is 3.82. The van der Waals surface area contributed by atoms with Crippen LogP contribution in [0.1, 0.15) is 45.1 Å². The molecule has 3 aromatic rings. The number of carbonyl (C=O) groups excluding carboxylic acids is 1. The van der Waals surface area contributed by atoms with Gasteiger partial charge in [0.25, 0.3) is 5.91 Å². The average Bonchev–Trinajstić information content (AvgIpc) is 3.46. The molecule has 1 aromatic carbocycles. The zero-order chi connectivity index (χ0) is 24.2. The number of ether oxygens (including phenoxy) is 2. The quantitative estimate of drug-likeness (QED) is 0.489. The van der Waals surface area contributed by atoms with Crippen molar-refractivity contribution in [1.29, 1.82) is 0 Å². The Hall–Kier alpha value is -2.81. The van der Waals surface area contributed by atoms with E-state index in [1.54, 1.807) is 30.6 Å². The number of nitrogens with one attached hydrogen (secondary N) is 1. The Morgan fingerprint density at radius 2 is 1.94 bits per heavy atom. The Labute approximate surface area is 205 Å². The lowest BCUT2D eigenvalue weighted by Gasteiger charge is -2.39. The number of thiophene rings is 1. The number of hydrogen-bond acceptors (Lipinski definition) is 7. The van der Waals surface area contributed by atoms with Crippen LogP contribution < -0.4 is 14.8 Å². The van der Waals surface area contributed by atoms with Crippen LogP contribution in [0.3, 0.4) is 0 Å². The molecule has 1 fully saturated rings. The largest absolute Gasteiger partial charge is 0.493 e. The number of carbonyl (C=O) groups is 1. The first-order chi connectivity index (χ1) is 16.4. The molecule has 1 saturated heterocycles. The lowest BCUT2D eigenvalue weighted by Crippen LogP contribution is -2.46. The Morgan fingerprint density at radius 1 is 1.18 bits per heavy atom. The molecule has 0 bridgehead atoms. The predicted molar refractivity (Wildman–Crippen MR) is 136 cm³/mol. The van der Waals surface area contributed by atoms with E-state index in [9.17, 15) is 4.79 Å². The number of aryl methyl sites for hydroxylation is 1. The van der Waals surface area contributed by atoms with E-state index in [1.807, 2.05) is 13.0 Å². The van der Waals surface area contributed by atoms with Crippen molar-refractivity contribution in [3.05, 3.63) is 63.9 Å². The minimum atomic E-state index is -0.242. The zero-order valence-corrected chi connectivity index (χ0v) is 21.3. The van der Waals surface area contributed by atoms with E-state index in [0.29, 0.717) is 18.1 Å². The lowest BCUT2D eigenvalue weighted by atomic mass is 9.94. The number of methoxy groups -OCH3 is 1. The molecular weight excluding hydrogens is 450 g/mol. The lowest BCUT2D eigenvalue weighted by molar-refractivity contribution is 0.0996. The van der Waals surface area contributed by atoms with Crippen LogP contribution in [0.4, 0.5) is 5.00 Å². The molecule has 2 aromatic heterocycles. The third kappa shape index (κ3) is 4.99. The molecule has 1 aliphatic heterocycles. The van der Waals surface area contributed by atoms with Crippen molar-refractivity contribution in [3.63, 3.8) is 0 Å². The fourth-order valence-electron chi connectivity index (χ4n) is 4.41. The second kappa shape index (κ2) is 10.6. The molecule has 1 unspecified atom stereocenters. The highest BCUT2D eigenvalue weighted by molar-refractivity contribution is 7.16. The third-order valence-corrected chi connectivity index (χ3v) is 7.52. The van der Waals surface area contributed by atoms with Crippen LogP contribution >= 0.6 is 11.3 Å². The monoisotopic (exact) mass is 483 g/mol. The summed E-state index contributed by atoms with van der Waals surface area (Å²) < 4.78 is 16.8. The summed E-state index contributed by atoms with van der Waals surface area (Å²) in [6.07, 6.45) is 1.51. The first-order valence-corrected chi connectivity index (χ1v) is 12.4. The number of rotatable bonds is 8. The van der Waals surface area contributed by atoms with Gasteiger partial charge in [-0.1, -0.05) is 6.07 Å². The van der Waals surface area contributed by atoms with Gasteiger partial charge in [0.1, 0.15) is 5.00 Å². The van der Waals surface area contributed by atoms with E-state index in [-0.39, 0.29) is 11.9 Å². The summed E-state index contributed by atoms with van der Waals surface area (Å²) >= 11 is 1.61. The van der Waals surface area contributed by atoms with Gasteiger partial charge in [-0.05, 0) is 63.2 Å². The highest BCUT2D eigenvalue weighted by atomic mass is 32.1. The molecule has 1 N–H and O–H groups in total. The van der Waals surface area contributed by atoms with E-state index in [1.165, 1.54) is 16.7 Å². The maximum atomic E-state index is 12.9. The molecule has 0 radical (unpaired) electrons. The Kier molecular flexibility index (Phi) is 7.60. The van der Waals surface area contributed by atoms with Gasteiger partial charge in [-0.3, -0.25) is 9.69 Å². The van der Waals surface area contributed by atoms with Gasteiger partial charge in [0.15, 0.2) is 17.3 Å². The van der Waals surface area contributed by atoms with Gasteiger partial charge in [-0.15, -0.1) is 11.3 Å². The topological polar surface area (TPSA) is 67.2 Å². The third-order valence-electron chi connectivity index (χ3n) is 6.38. The van der Waals surface area contributed by atoms with Gasteiger partial charge >= 0.3 is 0 Å². The van der Waals surface area contributed by atoms with Crippen molar-refractivity contribution in [1.82, 2.24) is 9.80 Å². The number of anilines is 1. The van der Waals surface area contributed by atoms with E-state index in [2.05, 4.69) is 48.1 Å². The van der Waals surface area contributed by atoms with Crippen LogP contribution in [0, 0.1) is 13.8 Å². The molecule has 3 heterocycles. The van der Waals surface area contributed by atoms with Crippen LogP contribution in [0.25, 0.3) is 0 Å². The number of nitrogens with zero attached hydrogens (tertiary/aromatic N) is 2. The van der Waals surface area contributed by atoms with Crippen LogP contribution in [-0.2, 0) is 0 Å². The second-order valence-electron chi connectivity index (χ2n) is 8.54.